The summed E-state index contributed by atoms with van der Waals surface area (Å²) in [6, 6.07) is 1.56. The molecule has 0 bridgehead atoms. The van der Waals surface area contributed by atoms with Gasteiger partial charge in [0, 0.05) is 0 Å². The summed E-state index contributed by atoms with van der Waals surface area (Å²) < 4.78 is 5.10. The zero-order valence-electron chi connectivity index (χ0n) is 7.46. The van der Waals surface area contributed by atoms with E-state index in [4.69, 9.17) is 9.52 Å². The normalized spacial score (nSPS) is 10.0. The van der Waals surface area contributed by atoms with Crippen molar-refractivity contribution in [3.63, 3.8) is 0 Å². The molecule has 4 nitrogen and oxygen atoms in total. The molecular weight excluding hydrogens is 172 g/mol. The first kappa shape index (κ1) is 9.51. The smallest absolute Gasteiger partial charge is 0.311 e. The highest BCUT2D eigenvalue weighted by Crippen LogP contribution is 2.15. The Morgan fingerprint density at radius 3 is 2.46 bits per heavy atom. The van der Waals surface area contributed by atoms with Crippen LogP contribution in [0.4, 0.5) is 0 Å². The minimum absolute atomic E-state index is 0.361. The van der Waals surface area contributed by atoms with Gasteiger partial charge in [-0.3, -0.25) is 9.59 Å². The minimum atomic E-state index is -1.12. The van der Waals surface area contributed by atoms with Gasteiger partial charge in [0.25, 0.3) is 0 Å². The van der Waals surface area contributed by atoms with E-state index >= 15 is 0 Å². The van der Waals surface area contributed by atoms with Gasteiger partial charge in [0.1, 0.15) is 17.9 Å². The third-order valence-electron chi connectivity index (χ3n) is 1.65. The third-order valence-corrected chi connectivity index (χ3v) is 1.65. The summed E-state index contributed by atoms with van der Waals surface area (Å²) in [5.41, 5.74) is 0.361. The SMILES string of the molecule is Cc1cc(C(=O)CC(=O)O)c(C)o1. The van der Waals surface area contributed by atoms with Gasteiger partial charge in [0.2, 0.25) is 0 Å². The van der Waals surface area contributed by atoms with Crippen LogP contribution in [0.5, 0.6) is 0 Å². The van der Waals surface area contributed by atoms with Crippen molar-refractivity contribution in [2.75, 3.05) is 0 Å². The molecule has 0 fully saturated rings. The first-order valence-corrected chi connectivity index (χ1v) is 3.82. The minimum Gasteiger partial charge on any atom is -0.481 e. The van der Waals surface area contributed by atoms with Gasteiger partial charge in [-0.05, 0) is 19.9 Å². The molecule has 1 heterocycles. The molecule has 0 aliphatic heterocycles. The molecule has 0 aromatic carbocycles. The van der Waals surface area contributed by atoms with Gasteiger partial charge in [-0.25, -0.2) is 0 Å². The molecule has 1 aromatic heterocycles. The van der Waals surface area contributed by atoms with Crippen LogP contribution in [0.1, 0.15) is 28.3 Å². The van der Waals surface area contributed by atoms with Crippen LogP contribution in [0, 0.1) is 13.8 Å². The number of carboxylic acids is 1. The number of carbonyl (C=O) groups excluding carboxylic acids is 1. The Morgan fingerprint density at radius 2 is 2.08 bits per heavy atom. The monoisotopic (exact) mass is 182 g/mol. The van der Waals surface area contributed by atoms with Crippen molar-refractivity contribution in [2.45, 2.75) is 20.3 Å². The number of carboxylic acid groups (broad SMARTS) is 1. The maximum absolute atomic E-state index is 11.2. The highest BCUT2D eigenvalue weighted by Gasteiger charge is 2.15. The van der Waals surface area contributed by atoms with Crippen LogP contribution in [0.25, 0.3) is 0 Å². The van der Waals surface area contributed by atoms with Crippen LogP contribution in [-0.2, 0) is 4.79 Å². The standard InChI is InChI=1S/C9H10O4/c1-5-3-7(6(2)13-5)8(10)4-9(11)12/h3H,4H2,1-2H3,(H,11,12). The molecule has 1 N–H and O–H groups in total. The van der Waals surface area contributed by atoms with E-state index in [1.54, 1.807) is 19.9 Å². The van der Waals surface area contributed by atoms with Crippen LogP contribution in [0.15, 0.2) is 10.5 Å². The lowest BCUT2D eigenvalue weighted by Crippen LogP contribution is -2.06. The summed E-state index contributed by atoms with van der Waals surface area (Å²) in [6.07, 6.45) is -0.486. The summed E-state index contributed by atoms with van der Waals surface area (Å²) in [5, 5.41) is 8.39. The first-order chi connectivity index (χ1) is 6.00. The molecule has 0 amide bonds. The summed E-state index contributed by atoms with van der Waals surface area (Å²) in [6.45, 7) is 3.35. The summed E-state index contributed by atoms with van der Waals surface area (Å²) in [5.74, 6) is -0.444. The topological polar surface area (TPSA) is 67.5 Å². The number of hydrogen-bond donors (Lipinski definition) is 1. The summed E-state index contributed by atoms with van der Waals surface area (Å²) >= 11 is 0. The molecule has 1 rings (SSSR count). The van der Waals surface area contributed by atoms with Crippen LogP contribution in [-0.4, -0.2) is 16.9 Å². The molecule has 0 radical (unpaired) electrons. The fourth-order valence-electron chi connectivity index (χ4n) is 1.14. The number of aryl methyl sites for hydroxylation is 2. The van der Waals surface area contributed by atoms with Gasteiger partial charge in [-0.15, -0.1) is 0 Å². The van der Waals surface area contributed by atoms with Crippen LogP contribution in [0.3, 0.4) is 0 Å². The Morgan fingerprint density at radius 1 is 1.46 bits per heavy atom. The Balaban J connectivity index is 2.88. The lowest BCUT2D eigenvalue weighted by atomic mass is 10.1. The number of Topliss-reactive ketones (excluding diaryl/α,β-unsaturated/α-hetero) is 1. The Kier molecular flexibility index (Phi) is 2.51. The lowest BCUT2D eigenvalue weighted by Gasteiger charge is -1.93. The average molecular weight is 182 g/mol. The average Bonchev–Trinajstić information content (AvgIpc) is 2.28. The Labute approximate surface area is 75.2 Å². The number of rotatable bonds is 3. The van der Waals surface area contributed by atoms with Crippen LogP contribution >= 0.6 is 0 Å². The van der Waals surface area contributed by atoms with Gasteiger partial charge in [0.15, 0.2) is 5.78 Å². The van der Waals surface area contributed by atoms with Crippen molar-refractivity contribution in [3.8, 4) is 0 Å². The number of carbonyl (C=O) groups is 2. The van der Waals surface area contributed by atoms with Crippen molar-refractivity contribution in [1.29, 1.82) is 0 Å². The van der Waals surface area contributed by atoms with E-state index in [1.165, 1.54) is 0 Å². The molecular formula is C9H10O4. The molecule has 13 heavy (non-hydrogen) atoms. The summed E-state index contributed by atoms with van der Waals surface area (Å²) in [7, 11) is 0. The molecule has 0 atom stereocenters. The highest BCUT2D eigenvalue weighted by atomic mass is 16.4. The van der Waals surface area contributed by atoms with E-state index in [-0.39, 0.29) is 0 Å². The summed E-state index contributed by atoms with van der Waals surface area (Å²) in [4.78, 5) is 21.5. The molecule has 0 saturated heterocycles. The van der Waals surface area contributed by atoms with Crippen LogP contribution < -0.4 is 0 Å². The van der Waals surface area contributed by atoms with Gasteiger partial charge < -0.3 is 9.52 Å². The Bertz CT molecular complexity index is 348. The number of aliphatic carboxylic acids is 1. The van der Waals surface area contributed by atoms with Gasteiger partial charge in [-0.1, -0.05) is 0 Å². The quantitative estimate of drug-likeness (QED) is 0.568. The number of furan rings is 1. The van der Waals surface area contributed by atoms with E-state index in [9.17, 15) is 9.59 Å². The van der Waals surface area contributed by atoms with Gasteiger partial charge >= 0.3 is 5.97 Å². The molecule has 0 aliphatic rings. The van der Waals surface area contributed by atoms with E-state index in [1.807, 2.05) is 0 Å². The fraction of sp³-hybridized carbons (Fsp3) is 0.333. The predicted molar refractivity (Wildman–Crippen MR) is 44.8 cm³/mol. The van der Waals surface area contributed by atoms with Crippen molar-refractivity contribution < 1.29 is 19.1 Å². The molecule has 70 valence electrons. The third kappa shape index (κ3) is 2.18. The van der Waals surface area contributed by atoms with Crippen molar-refractivity contribution >= 4 is 11.8 Å². The molecule has 4 heteroatoms. The maximum atomic E-state index is 11.2. The van der Waals surface area contributed by atoms with E-state index in [2.05, 4.69) is 0 Å². The molecule has 0 saturated carbocycles. The zero-order valence-corrected chi connectivity index (χ0v) is 7.46. The number of hydrogen-bond acceptors (Lipinski definition) is 3. The van der Waals surface area contributed by atoms with Crippen molar-refractivity contribution in [3.05, 3.63) is 23.2 Å². The second kappa shape index (κ2) is 3.43. The fourth-order valence-corrected chi connectivity index (χ4v) is 1.14. The number of ketones is 1. The molecule has 0 aliphatic carbocycles. The van der Waals surface area contributed by atoms with E-state index in [0.717, 1.165) is 0 Å². The molecule has 1 aromatic rings. The van der Waals surface area contributed by atoms with Gasteiger partial charge in [0.05, 0.1) is 5.56 Å². The van der Waals surface area contributed by atoms with Gasteiger partial charge in [-0.2, -0.15) is 0 Å². The van der Waals surface area contributed by atoms with Crippen LogP contribution in [0.2, 0.25) is 0 Å². The predicted octanol–water partition coefficient (Wildman–Crippen LogP) is 1.55. The van der Waals surface area contributed by atoms with E-state index < -0.39 is 18.2 Å². The maximum Gasteiger partial charge on any atom is 0.311 e. The zero-order chi connectivity index (χ0) is 10.0. The van der Waals surface area contributed by atoms with Crippen molar-refractivity contribution in [2.24, 2.45) is 0 Å². The molecule has 0 unspecified atom stereocenters. The largest absolute Gasteiger partial charge is 0.481 e. The first-order valence-electron chi connectivity index (χ1n) is 3.82. The lowest BCUT2D eigenvalue weighted by molar-refractivity contribution is -0.135. The molecule has 0 spiro atoms. The van der Waals surface area contributed by atoms with Crippen molar-refractivity contribution in [1.82, 2.24) is 0 Å². The second-order valence-electron chi connectivity index (χ2n) is 2.82. The highest BCUT2D eigenvalue weighted by molar-refractivity contribution is 6.06. The van der Waals surface area contributed by atoms with E-state index in [0.29, 0.717) is 17.1 Å². The second-order valence-corrected chi connectivity index (χ2v) is 2.82. The Hall–Kier alpha value is -1.58.